The van der Waals surface area contributed by atoms with E-state index in [0.717, 1.165) is 49.1 Å². The number of rotatable bonds is 7. The number of β-amino-alcohol motifs (C(OH)–C–C–N with tert-alkyl or cyclic N) is 1. The topological polar surface area (TPSA) is 35.9 Å². The number of aliphatic hydroxyl groups excluding tert-OH is 1. The van der Waals surface area contributed by atoms with Gasteiger partial charge in [0, 0.05) is 44.3 Å². The van der Waals surface area contributed by atoms with E-state index in [-0.39, 0.29) is 24.8 Å². The maximum atomic E-state index is 10.3. The number of hydrogen-bond acceptors (Lipinski definition) is 4. The summed E-state index contributed by atoms with van der Waals surface area (Å²) in [6, 6.07) is 16.1. The molecule has 0 radical (unpaired) electrons. The Morgan fingerprint density at radius 1 is 1.00 bits per heavy atom. The summed E-state index contributed by atoms with van der Waals surface area (Å²) >= 11 is 6.02. The molecule has 1 aliphatic rings. The van der Waals surface area contributed by atoms with Gasteiger partial charge in [-0.2, -0.15) is 0 Å². The predicted octanol–water partition coefficient (Wildman–Crippen LogP) is 4.05. The number of benzene rings is 2. The van der Waals surface area contributed by atoms with Gasteiger partial charge in [0.25, 0.3) is 0 Å². The fraction of sp³-hybridized carbons (Fsp3) is 0.429. The van der Waals surface area contributed by atoms with Gasteiger partial charge in [-0.25, -0.2) is 0 Å². The largest absolute Gasteiger partial charge is 0.491 e. The van der Waals surface area contributed by atoms with Crippen molar-refractivity contribution >= 4 is 36.4 Å². The minimum atomic E-state index is -0.494. The van der Waals surface area contributed by atoms with E-state index in [0.29, 0.717) is 13.2 Å². The molecule has 0 spiro atoms. The molecule has 2 aromatic carbocycles. The van der Waals surface area contributed by atoms with Crippen molar-refractivity contribution in [1.29, 1.82) is 0 Å². The highest BCUT2D eigenvalue weighted by Gasteiger charge is 2.19. The van der Waals surface area contributed by atoms with Gasteiger partial charge in [-0.3, -0.25) is 9.80 Å². The summed E-state index contributed by atoms with van der Waals surface area (Å²) in [6.07, 6.45) is -0.494. The van der Waals surface area contributed by atoms with Gasteiger partial charge in [-0.05, 0) is 36.2 Å². The van der Waals surface area contributed by atoms with E-state index in [4.69, 9.17) is 16.3 Å². The van der Waals surface area contributed by atoms with E-state index in [1.807, 2.05) is 25.1 Å². The van der Waals surface area contributed by atoms with Gasteiger partial charge in [0.15, 0.2) is 0 Å². The van der Waals surface area contributed by atoms with Crippen LogP contribution in [0.1, 0.15) is 11.1 Å². The van der Waals surface area contributed by atoms with Gasteiger partial charge >= 0.3 is 0 Å². The fourth-order valence-corrected chi connectivity index (χ4v) is 3.34. The van der Waals surface area contributed by atoms with Crippen molar-refractivity contribution in [2.45, 2.75) is 19.6 Å². The zero-order valence-corrected chi connectivity index (χ0v) is 18.5. The summed E-state index contributed by atoms with van der Waals surface area (Å²) in [4.78, 5) is 4.77. The molecule has 2 aromatic rings. The number of halogens is 3. The Labute approximate surface area is 185 Å². The standard InChI is InChI=1S/C21H27ClN2O2.2ClH/c1-17-13-20(7-8-21(17)22)26-16-19(25)15-24-11-9-23(10-12-24)14-18-5-3-2-4-6-18;;/h2-8,13,19,25H,9-12,14-16H2,1H3;2*1H. The maximum absolute atomic E-state index is 10.3. The summed E-state index contributed by atoms with van der Waals surface area (Å²) in [5, 5.41) is 11.0. The van der Waals surface area contributed by atoms with Crippen LogP contribution in [0.5, 0.6) is 5.75 Å². The molecule has 1 heterocycles. The van der Waals surface area contributed by atoms with Gasteiger partial charge in [0.1, 0.15) is 18.5 Å². The zero-order chi connectivity index (χ0) is 18.4. The Hall–Kier alpha value is -1.01. The lowest BCUT2D eigenvalue weighted by atomic mass is 10.2. The highest BCUT2D eigenvalue weighted by atomic mass is 35.5. The SMILES string of the molecule is Cc1cc(OCC(O)CN2CCN(Cc3ccccc3)CC2)ccc1Cl.Cl.Cl. The molecule has 0 bridgehead atoms. The van der Waals surface area contributed by atoms with Gasteiger partial charge in [0.2, 0.25) is 0 Å². The van der Waals surface area contributed by atoms with Crippen LogP contribution in [0, 0.1) is 6.92 Å². The molecule has 1 unspecified atom stereocenters. The molecule has 3 rings (SSSR count). The van der Waals surface area contributed by atoms with Crippen molar-refractivity contribution in [2.75, 3.05) is 39.3 Å². The lowest BCUT2D eigenvalue weighted by molar-refractivity contribution is 0.0446. The van der Waals surface area contributed by atoms with Gasteiger partial charge < -0.3 is 9.84 Å². The molecule has 1 N–H and O–H groups in total. The predicted molar refractivity (Wildman–Crippen MR) is 120 cm³/mol. The first kappa shape index (κ1) is 25.0. The van der Waals surface area contributed by atoms with Crippen LogP contribution >= 0.6 is 36.4 Å². The first-order chi connectivity index (χ1) is 12.6. The van der Waals surface area contributed by atoms with E-state index >= 15 is 0 Å². The van der Waals surface area contributed by atoms with Crippen molar-refractivity contribution in [2.24, 2.45) is 0 Å². The third-order valence-electron chi connectivity index (χ3n) is 4.75. The van der Waals surface area contributed by atoms with Crippen molar-refractivity contribution in [3.05, 3.63) is 64.7 Å². The lowest BCUT2D eigenvalue weighted by Gasteiger charge is -2.35. The molecule has 0 aromatic heterocycles. The Bertz CT molecular complexity index is 695. The average molecular weight is 448 g/mol. The van der Waals surface area contributed by atoms with Gasteiger partial charge in [0.05, 0.1) is 0 Å². The first-order valence-corrected chi connectivity index (χ1v) is 9.53. The van der Waals surface area contributed by atoms with Crippen LogP contribution in [-0.4, -0.2) is 60.3 Å². The normalized spacial score (nSPS) is 16.0. The number of hydrogen-bond donors (Lipinski definition) is 1. The molecule has 0 aliphatic carbocycles. The van der Waals surface area contributed by atoms with E-state index in [2.05, 4.69) is 40.1 Å². The quantitative estimate of drug-likeness (QED) is 0.694. The summed E-state index contributed by atoms with van der Waals surface area (Å²) in [7, 11) is 0. The molecule has 1 atom stereocenters. The Kier molecular flexibility index (Phi) is 11.2. The van der Waals surface area contributed by atoms with E-state index < -0.39 is 6.10 Å². The summed E-state index contributed by atoms with van der Waals surface area (Å²) in [5.41, 5.74) is 2.33. The number of piperazine rings is 1. The molecular formula is C21H29Cl3N2O2. The molecule has 1 aliphatic heterocycles. The van der Waals surface area contributed by atoms with Gasteiger partial charge in [-0.1, -0.05) is 41.9 Å². The monoisotopic (exact) mass is 446 g/mol. The van der Waals surface area contributed by atoms with Crippen LogP contribution in [-0.2, 0) is 6.54 Å². The Balaban J connectivity index is 0.00000196. The highest BCUT2D eigenvalue weighted by molar-refractivity contribution is 6.31. The second-order valence-electron chi connectivity index (χ2n) is 6.94. The lowest BCUT2D eigenvalue weighted by Crippen LogP contribution is -2.48. The third kappa shape index (κ3) is 7.78. The maximum Gasteiger partial charge on any atom is 0.119 e. The second-order valence-corrected chi connectivity index (χ2v) is 7.35. The highest BCUT2D eigenvalue weighted by Crippen LogP contribution is 2.21. The van der Waals surface area contributed by atoms with Crippen molar-refractivity contribution in [3.63, 3.8) is 0 Å². The number of aryl methyl sites for hydroxylation is 1. The number of aliphatic hydroxyl groups is 1. The first-order valence-electron chi connectivity index (χ1n) is 9.16. The molecule has 1 saturated heterocycles. The Morgan fingerprint density at radius 3 is 2.29 bits per heavy atom. The minimum Gasteiger partial charge on any atom is -0.491 e. The minimum absolute atomic E-state index is 0. The molecule has 4 nitrogen and oxygen atoms in total. The molecular weight excluding hydrogens is 419 g/mol. The molecule has 0 saturated carbocycles. The third-order valence-corrected chi connectivity index (χ3v) is 5.18. The number of ether oxygens (including phenoxy) is 1. The molecule has 7 heteroatoms. The fourth-order valence-electron chi connectivity index (χ4n) is 3.22. The van der Waals surface area contributed by atoms with E-state index in [1.165, 1.54) is 5.56 Å². The summed E-state index contributed by atoms with van der Waals surface area (Å²) in [6.45, 7) is 7.89. The molecule has 28 heavy (non-hydrogen) atoms. The molecule has 0 amide bonds. The van der Waals surface area contributed by atoms with Crippen LogP contribution in [0.4, 0.5) is 0 Å². The van der Waals surface area contributed by atoms with Gasteiger partial charge in [-0.15, -0.1) is 24.8 Å². The van der Waals surface area contributed by atoms with Crippen LogP contribution in [0.25, 0.3) is 0 Å². The smallest absolute Gasteiger partial charge is 0.119 e. The van der Waals surface area contributed by atoms with Crippen LogP contribution in [0.15, 0.2) is 48.5 Å². The summed E-state index contributed by atoms with van der Waals surface area (Å²) < 4.78 is 5.70. The Morgan fingerprint density at radius 2 is 1.64 bits per heavy atom. The molecule has 1 fully saturated rings. The molecule has 156 valence electrons. The average Bonchev–Trinajstić information content (AvgIpc) is 2.65. The van der Waals surface area contributed by atoms with Crippen molar-refractivity contribution < 1.29 is 9.84 Å². The van der Waals surface area contributed by atoms with Crippen molar-refractivity contribution in [1.82, 2.24) is 9.80 Å². The van der Waals surface area contributed by atoms with Crippen LogP contribution < -0.4 is 4.74 Å². The second kappa shape index (κ2) is 12.5. The van der Waals surface area contributed by atoms with Crippen molar-refractivity contribution in [3.8, 4) is 5.75 Å². The van der Waals surface area contributed by atoms with E-state index in [1.54, 1.807) is 0 Å². The summed E-state index contributed by atoms with van der Waals surface area (Å²) in [5.74, 6) is 0.749. The van der Waals surface area contributed by atoms with Crippen LogP contribution in [0.2, 0.25) is 5.02 Å². The number of nitrogens with zero attached hydrogens (tertiary/aromatic N) is 2. The van der Waals surface area contributed by atoms with Crippen LogP contribution in [0.3, 0.4) is 0 Å². The zero-order valence-electron chi connectivity index (χ0n) is 16.1. The van der Waals surface area contributed by atoms with E-state index in [9.17, 15) is 5.11 Å².